The van der Waals surface area contributed by atoms with E-state index in [-0.39, 0.29) is 0 Å². The second kappa shape index (κ2) is 5.78. The summed E-state index contributed by atoms with van der Waals surface area (Å²) >= 11 is 0. The highest BCUT2D eigenvalue weighted by Crippen LogP contribution is 2.10. The molecular weight excluding hydrogens is 228 g/mol. The van der Waals surface area contributed by atoms with Crippen LogP contribution in [0, 0.1) is 6.92 Å². The first-order valence-electron chi connectivity index (χ1n) is 5.68. The smallest absolute Gasteiger partial charge is 0.0489 e. The molecule has 0 fully saturated rings. The summed E-state index contributed by atoms with van der Waals surface area (Å²) in [6, 6.07) is 18.2. The molecule has 0 spiro atoms. The molecule has 2 heteroatoms. The molecule has 1 atom stereocenters. The molecule has 0 aliphatic rings. The van der Waals surface area contributed by atoms with Crippen molar-refractivity contribution < 1.29 is 4.21 Å². The Bertz CT molecular complexity index is 488. The van der Waals surface area contributed by atoms with Crippen LogP contribution in [-0.4, -0.2) is 4.21 Å². The second-order valence-corrected chi connectivity index (χ2v) is 5.66. The van der Waals surface area contributed by atoms with E-state index in [4.69, 9.17) is 0 Å². The lowest BCUT2D eigenvalue weighted by molar-refractivity contribution is 0.682. The lowest BCUT2D eigenvalue weighted by Gasteiger charge is -2.03. The third kappa shape index (κ3) is 3.82. The first kappa shape index (κ1) is 12.1. The Balaban J connectivity index is 1.96. The molecule has 0 amide bonds. The summed E-state index contributed by atoms with van der Waals surface area (Å²) in [6.07, 6.45) is 0. The molecule has 0 heterocycles. The van der Waals surface area contributed by atoms with E-state index in [0.29, 0.717) is 11.5 Å². The van der Waals surface area contributed by atoms with Crippen molar-refractivity contribution in [3.8, 4) is 0 Å². The lowest BCUT2D eigenvalue weighted by atomic mass is 10.2. The fraction of sp³-hybridized carbons (Fsp3) is 0.200. The zero-order valence-corrected chi connectivity index (χ0v) is 10.7. The summed E-state index contributed by atoms with van der Waals surface area (Å²) in [4.78, 5) is 0. The van der Waals surface area contributed by atoms with Gasteiger partial charge in [0, 0.05) is 22.3 Å². The summed E-state index contributed by atoms with van der Waals surface area (Å²) in [5.41, 5.74) is 3.52. The molecule has 1 unspecified atom stereocenters. The van der Waals surface area contributed by atoms with E-state index in [1.165, 1.54) is 5.56 Å². The topological polar surface area (TPSA) is 17.1 Å². The molecule has 0 saturated heterocycles. The number of hydrogen-bond donors (Lipinski definition) is 0. The number of benzene rings is 2. The van der Waals surface area contributed by atoms with Crippen LogP contribution in [0.4, 0.5) is 0 Å². The van der Waals surface area contributed by atoms with Crippen molar-refractivity contribution in [2.45, 2.75) is 18.4 Å². The zero-order valence-electron chi connectivity index (χ0n) is 9.93. The predicted molar refractivity (Wildman–Crippen MR) is 73.2 cm³/mol. The van der Waals surface area contributed by atoms with Crippen LogP contribution < -0.4 is 0 Å². The van der Waals surface area contributed by atoms with Gasteiger partial charge in [0.15, 0.2) is 0 Å². The Morgan fingerprint density at radius 2 is 1.35 bits per heavy atom. The summed E-state index contributed by atoms with van der Waals surface area (Å²) in [5, 5.41) is 0. The first-order chi connectivity index (χ1) is 8.24. The highest BCUT2D eigenvalue weighted by atomic mass is 32.2. The maximum absolute atomic E-state index is 12.0. The van der Waals surface area contributed by atoms with Crippen molar-refractivity contribution in [1.82, 2.24) is 0 Å². The first-order valence-corrected chi connectivity index (χ1v) is 7.17. The van der Waals surface area contributed by atoms with E-state index in [2.05, 4.69) is 31.2 Å². The Hall–Kier alpha value is -1.41. The van der Waals surface area contributed by atoms with Crippen LogP contribution in [0.1, 0.15) is 16.7 Å². The van der Waals surface area contributed by atoms with Gasteiger partial charge in [0.2, 0.25) is 0 Å². The summed E-state index contributed by atoms with van der Waals surface area (Å²) in [6.45, 7) is 2.06. The average molecular weight is 244 g/mol. The van der Waals surface area contributed by atoms with E-state index in [1.54, 1.807) is 0 Å². The SMILES string of the molecule is Cc1ccc(CS(=O)Cc2ccccc2)cc1. The molecule has 0 aliphatic carbocycles. The molecule has 2 aromatic rings. The molecular formula is C15H16OS. The molecule has 1 nitrogen and oxygen atoms in total. The largest absolute Gasteiger partial charge is 0.259 e. The van der Waals surface area contributed by atoms with Gasteiger partial charge in [-0.25, -0.2) is 0 Å². The van der Waals surface area contributed by atoms with Crippen molar-refractivity contribution in [2.75, 3.05) is 0 Å². The minimum Gasteiger partial charge on any atom is -0.259 e. The Labute approximate surface area is 105 Å². The molecule has 0 aromatic heterocycles. The van der Waals surface area contributed by atoms with Crippen LogP contribution in [0.5, 0.6) is 0 Å². The van der Waals surface area contributed by atoms with Gasteiger partial charge < -0.3 is 0 Å². The third-order valence-corrected chi connectivity index (χ3v) is 3.93. The summed E-state index contributed by atoms with van der Waals surface area (Å²) in [5.74, 6) is 1.27. The van der Waals surface area contributed by atoms with Gasteiger partial charge in [0.25, 0.3) is 0 Å². The maximum Gasteiger partial charge on any atom is 0.0489 e. The molecule has 0 bridgehead atoms. The Morgan fingerprint density at radius 3 is 1.94 bits per heavy atom. The average Bonchev–Trinajstić information content (AvgIpc) is 2.33. The predicted octanol–water partition coefficient (Wildman–Crippen LogP) is 3.44. The van der Waals surface area contributed by atoms with Crippen LogP contribution >= 0.6 is 0 Å². The fourth-order valence-corrected chi connectivity index (χ4v) is 2.91. The standard InChI is InChI=1S/C15H16OS/c1-13-7-9-15(10-8-13)12-17(16)11-14-5-3-2-4-6-14/h2-10H,11-12H2,1H3. The van der Waals surface area contributed by atoms with Crippen LogP contribution in [0.15, 0.2) is 54.6 Å². The summed E-state index contributed by atoms with van der Waals surface area (Å²) in [7, 11) is -0.829. The number of aryl methyl sites for hydroxylation is 1. The van der Waals surface area contributed by atoms with Crippen molar-refractivity contribution in [3.63, 3.8) is 0 Å². The van der Waals surface area contributed by atoms with E-state index >= 15 is 0 Å². The molecule has 0 N–H and O–H groups in total. The molecule has 0 saturated carbocycles. The Morgan fingerprint density at radius 1 is 0.824 bits per heavy atom. The van der Waals surface area contributed by atoms with Crippen LogP contribution in [0.25, 0.3) is 0 Å². The van der Waals surface area contributed by atoms with Crippen molar-refractivity contribution in [2.24, 2.45) is 0 Å². The van der Waals surface area contributed by atoms with Crippen molar-refractivity contribution in [1.29, 1.82) is 0 Å². The van der Waals surface area contributed by atoms with Gasteiger partial charge in [-0.15, -0.1) is 0 Å². The normalized spacial score (nSPS) is 12.3. The van der Waals surface area contributed by atoms with Crippen LogP contribution in [0.2, 0.25) is 0 Å². The van der Waals surface area contributed by atoms with Crippen molar-refractivity contribution in [3.05, 3.63) is 71.3 Å². The van der Waals surface area contributed by atoms with Gasteiger partial charge in [-0.3, -0.25) is 4.21 Å². The van der Waals surface area contributed by atoms with Gasteiger partial charge >= 0.3 is 0 Å². The van der Waals surface area contributed by atoms with Crippen LogP contribution in [-0.2, 0) is 22.3 Å². The van der Waals surface area contributed by atoms with Gasteiger partial charge in [-0.05, 0) is 18.1 Å². The molecule has 88 valence electrons. The Kier molecular flexibility index (Phi) is 4.10. The quantitative estimate of drug-likeness (QED) is 0.805. The zero-order chi connectivity index (χ0) is 12.1. The monoisotopic (exact) mass is 244 g/mol. The van der Waals surface area contributed by atoms with Gasteiger partial charge in [-0.2, -0.15) is 0 Å². The summed E-state index contributed by atoms with van der Waals surface area (Å²) < 4.78 is 12.0. The van der Waals surface area contributed by atoms with E-state index < -0.39 is 10.8 Å². The minimum atomic E-state index is -0.829. The lowest BCUT2D eigenvalue weighted by Crippen LogP contribution is -1.99. The van der Waals surface area contributed by atoms with E-state index in [0.717, 1.165) is 11.1 Å². The number of hydrogen-bond acceptors (Lipinski definition) is 1. The molecule has 17 heavy (non-hydrogen) atoms. The van der Waals surface area contributed by atoms with Crippen molar-refractivity contribution >= 4 is 10.8 Å². The molecule has 2 rings (SSSR count). The van der Waals surface area contributed by atoms with Crippen LogP contribution in [0.3, 0.4) is 0 Å². The minimum absolute atomic E-state index is 0.634. The maximum atomic E-state index is 12.0. The number of rotatable bonds is 4. The third-order valence-electron chi connectivity index (χ3n) is 2.62. The van der Waals surface area contributed by atoms with Gasteiger partial charge in [0.1, 0.15) is 0 Å². The van der Waals surface area contributed by atoms with Gasteiger partial charge in [0.05, 0.1) is 0 Å². The molecule has 2 aromatic carbocycles. The van der Waals surface area contributed by atoms with E-state index in [9.17, 15) is 4.21 Å². The highest BCUT2D eigenvalue weighted by Gasteiger charge is 2.02. The molecule has 0 radical (unpaired) electrons. The molecule has 0 aliphatic heterocycles. The van der Waals surface area contributed by atoms with Gasteiger partial charge in [-0.1, -0.05) is 60.2 Å². The fourth-order valence-electron chi connectivity index (χ4n) is 1.68. The van der Waals surface area contributed by atoms with E-state index in [1.807, 2.05) is 30.3 Å². The highest BCUT2D eigenvalue weighted by molar-refractivity contribution is 7.83. The second-order valence-electron chi connectivity index (χ2n) is 4.20.